The molecular formula is C10H10NS. The van der Waals surface area contributed by atoms with Gasteiger partial charge in [0.2, 0.25) is 0 Å². The van der Waals surface area contributed by atoms with Crippen LogP contribution in [-0.4, -0.2) is 5.55 Å². The molecule has 0 aromatic heterocycles. The van der Waals surface area contributed by atoms with Gasteiger partial charge in [0, 0.05) is 0 Å². The summed E-state index contributed by atoms with van der Waals surface area (Å²) < 4.78 is 0. The minimum absolute atomic E-state index is 0.450. The smallest absolute Gasteiger partial charge is 0.101 e. The van der Waals surface area contributed by atoms with E-state index in [4.69, 9.17) is 0 Å². The fraction of sp³-hybridized carbons (Fsp3) is 0.200. The van der Waals surface area contributed by atoms with E-state index < -0.39 is 0 Å². The maximum Gasteiger partial charge on any atom is 0.101 e. The second kappa shape index (κ2) is 3.31. The van der Waals surface area contributed by atoms with Crippen LogP contribution in [-0.2, 0) is 0 Å². The Morgan fingerprint density at radius 2 is 2.00 bits per heavy atom. The van der Waals surface area contributed by atoms with Crippen molar-refractivity contribution in [2.45, 2.75) is 12.2 Å². The van der Waals surface area contributed by atoms with Gasteiger partial charge in [-0.3, -0.25) is 4.99 Å². The SMILES string of the molecule is C[C]1N=CSC1c1ccccc1. The quantitative estimate of drug-likeness (QED) is 0.640. The van der Waals surface area contributed by atoms with Gasteiger partial charge in [0.05, 0.1) is 10.8 Å². The molecule has 1 aromatic rings. The Labute approximate surface area is 76.9 Å². The van der Waals surface area contributed by atoms with Crippen molar-refractivity contribution < 1.29 is 0 Å². The summed E-state index contributed by atoms with van der Waals surface area (Å²) in [6.07, 6.45) is 0. The molecule has 61 valence electrons. The minimum Gasteiger partial charge on any atom is -0.276 e. The average molecular weight is 176 g/mol. The van der Waals surface area contributed by atoms with Gasteiger partial charge in [-0.25, -0.2) is 0 Å². The first-order chi connectivity index (χ1) is 5.88. The van der Waals surface area contributed by atoms with E-state index in [1.165, 1.54) is 11.6 Å². The molecule has 1 unspecified atom stereocenters. The van der Waals surface area contributed by atoms with Gasteiger partial charge in [0.1, 0.15) is 6.04 Å². The lowest BCUT2D eigenvalue weighted by atomic mass is 10.1. The van der Waals surface area contributed by atoms with Crippen molar-refractivity contribution in [3.05, 3.63) is 41.9 Å². The highest BCUT2D eigenvalue weighted by atomic mass is 32.2. The van der Waals surface area contributed by atoms with Crippen molar-refractivity contribution in [3.8, 4) is 0 Å². The van der Waals surface area contributed by atoms with Gasteiger partial charge in [-0.05, 0) is 12.5 Å². The van der Waals surface area contributed by atoms with Crippen LogP contribution >= 0.6 is 11.8 Å². The Balaban J connectivity index is 2.22. The van der Waals surface area contributed by atoms with E-state index in [1.807, 2.05) is 11.6 Å². The molecule has 0 bridgehead atoms. The zero-order valence-corrected chi connectivity index (χ0v) is 7.71. The molecule has 0 amide bonds. The molecule has 0 aliphatic carbocycles. The first kappa shape index (κ1) is 7.87. The van der Waals surface area contributed by atoms with Gasteiger partial charge < -0.3 is 0 Å². The summed E-state index contributed by atoms with van der Waals surface area (Å²) in [6, 6.07) is 11.7. The fourth-order valence-corrected chi connectivity index (χ4v) is 2.21. The van der Waals surface area contributed by atoms with Crippen molar-refractivity contribution in [1.82, 2.24) is 0 Å². The number of hydrogen-bond donors (Lipinski definition) is 0. The lowest BCUT2D eigenvalue weighted by Crippen LogP contribution is -1.96. The normalized spacial score (nSPS) is 23.2. The van der Waals surface area contributed by atoms with Gasteiger partial charge in [-0.15, -0.1) is 11.8 Å². The zero-order chi connectivity index (χ0) is 8.39. The first-order valence-corrected chi connectivity index (χ1v) is 4.88. The van der Waals surface area contributed by atoms with Gasteiger partial charge in [0.15, 0.2) is 0 Å². The number of rotatable bonds is 1. The Kier molecular flexibility index (Phi) is 2.17. The zero-order valence-electron chi connectivity index (χ0n) is 6.90. The van der Waals surface area contributed by atoms with E-state index in [9.17, 15) is 0 Å². The van der Waals surface area contributed by atoms with E-state index in [0.717, 1.165) is 0 Å². The molecule has 2 rings (SSSR count). The van der Waals surface area contributed by atoms with E-state index >= 15 is 0 Å². The Hall–Kier alpha value is -0.760. The highest BCUT2D eigenvalue weighted by molar-refractivity contribution is 8.12. The lowest BCUT2D eigenvalue weighted by Gasteiger charge is -2.11. The molecule has 1 heterocycles. The Morgan fingerprint density at radius 1 is 1.25 bits per heavy atom. The van der Waals surface area contributed by atoms with Crippen LogP contribution in [0.1, 0.15) is 17.7 Å². The van der Waals surface area contributed by atoms with Crippen LogP contribution in [0.25, 0.3) is 0 Å². The van der Waals surface area contributed by atoms with Gasteiger partial charge >= 0.3 is 0 Å². The number of benzene rings is 1. The van der Waals surface area contributed by atoms with E-state index in [0.29, 0.717) is 5.25 Å². The average Bonchev–Trinajstić information content (AvgIpc) is 2.53. The highest BCUT2D eigenvalue weighted by Gasteiger charge is 2.22. The predicted molar refractivity (Wildman–Crippen MR) is 54.2 cm³/mol. The minimum atomic E-state index is 0.450. The molecule has 2 heteroatoms. The van der Waals surface area contributed by atoms with Gasteiger partial charge in [0.25, 0.3) is 0 Å². The first-order valence-electron chi connectivity index (χ1n) is 3.94. The third-order valence-corrected chi connectivity index (χ3v) is 3.05. The largest absolute Gasteiger partial charge is 0.276 e. The third-order valence-electron chi connectivity index (χ3n) is 1.94. The number of thioether (sulfide) groups is 1. The van der Waals surface area contributed by atoms with Gasteiger partial charge in [-0.1, -0.05) is 30.3 Å². The summed E-state index contributed by atoms with van der Waals surface area (Å²) in [5, 5.41) is 0.450. The molecule has 0 saturated heterocycles. The molecule has 1 nitrogen and oxygen atoms in total. The summed E-state index contributed by atoms with van der Waals surface area (Å²) in [6.45, 7) is 2.08. The van der Waals surface area contributed by atoms with Crippen LogP contribution < -0.4 is 0 Å². The second-order valence-electron chi connectivity index (χ2n) is 2.80. The Bertz CT molecular complexity index is 281. The third kappa shape index (κ3) is 1.39. The van der Waals surface area contributed by atoms with Crippen LogP contribution in [0.5, 0.6) is 0 Å². The maximum absolute atomic E-state index is 4.25. The van der Waals surface area contributed by atoms with E-state index in [1.54, 1.807) is 11.8 Å². The monoisotopic (exact) mass is 176 g/mol. The van der Waals surface area contributed by atoms with Crippen molar-refractivity contribution >= 4 is 17.3 Å². The van der Waals surface area contributed by atoms with Crippen molar-refractivity contribution in [3.63, 3.8) is 0 Å². The van der Waals surface area contributed by atoms with Crippen LogP contribution in [0.3, 0.4) is 0 Å². The predicted octanol–water partition coefficient (Wildman–Crippen LogP) is 3.05. The molecule has 1 aliphatic rings. The number of nitrogens with zero attached hydrogens (tertiary/aromatic N) is 1. The van der Waals surface area contributed by atoms with E-state index in [2.05, 4.69) is 36.2 Å². The summed E-state index contributed by atoms with van der Waals surface area (Å²) in [5.41, 5.74) is 3.27. The van der Waals surface area contributed by atoms with Gasteiger partial charge in [-0.2, -0.15) is 0 Å². The van der Waals surface area contributed by atoms with Crippen LogP contribution in [0.4, 0.5) is 0 Å². The number of aliphatic imine (C=N–C) groups is 1. The standard InChI is InChI=1S/C10H10NS/c1-8-10(12-7-11-8)9-5-3-2-4-6-9/h2-7,10H,1H3. The van der Waals surface area contributed by atoms with Crippen LogP contribution in [0.15, 0.2) is 35.3 Å². The molecule has 12 heavy (non-hydrogen) atoms. The molecule has 1 atom stereocenters. The van der Waals surface area contributed by atoms with Crippen molar-refractivity contribution in [2.75, 3.05) is 0 Å². The summed E-state index contributed by atoms with van der Waals surface area (Å²) >= 11 is 1.77. The van der Waals surface area contributed by atoms with Crippen molar-refractivity contribution in [2.24, 2.45) is 4.99 Å². The lowest BCUT2D eigenvalue weighted by molar-refractivity contribution is 0.921. The van der Waals surface area contributed by atoms with Crippen LogP contribution in [0, 0.1) is 6.04 Å². The van der Waals surface area contributed by atoms with E-state index in [-0.39, 0.29) is 0 Å². The highest BCUT2D eigenvalue weighted by Crippen LogP contribution is 2.40. The maximum atomic E-state index is 4.25. The van der Waals surface area contributed by atoms with Crippen LogP contribution in [0.2, 0.25) is 0 Å². The summed E-state index contributed by atoms with van der Waals surface area (Å²) in [5.74, 6) is 0. The molecule has 1 radical (unpaired) electrons. The molecule has 1 aliphatic heterocycles. The molecule has 0 spiro atoms. The molecule has 0 N–H and O–H groups in total. The van der Waals surface area contributed by atoms with Crippen molar-refractivity contribution in [1.29, 1.82) is 0 Å². The molecule has 0 fully saturated rings. The summed E-state index contributed by atoms with van der Waals surface area (Å²) in [7, 11) is 0. The molecular weight excluding hydrogens is 166 g/mol. The molecule has 0 saturated carbocycles. The number of hydrogen-bond acceptors (Lipinski definition) is 2. The fourth-order valence-electron chi connectivity index (χ4n) is 1.29. The second-order valence-corrected chi connectivity index (χ2v) is 3.76. The Morgan fingerprint density at radius 3 is 2.58 bits per heavy atom. The topological polar surface area (TPSA) is 12.4 Å². The summed E-state index contributed by atoms with van der Waals surface area (Å²) in [4.78, 5) is 4.25. The molecule has 1 aromatic carbocycles.